The molecule has 20 heavy (non-hydrogen) atoms. The van der Waals surface area contributed by atoms with Gasteiger partial charge in [-0.25, -0.2) is 4.39 Å². The first-order valence-corrected chi connectivity index (χ1v) is 7.38. The van der Waals surface area contributed by atoms with Crippen LogP contribution in [0.25, 0.3) is 0 Å². The van der Waals surface area contributed by atoms with Crippen LogP contribution in [0.3, 0.4) is 0 Å². The highest BCUT2D eigenvalue weighted by atomic mass is 19.1. The molecule has 1 N–H and O–H groups in total. The Morgan fingerprint density at radius 3 is 2.95 bits per heavy atom. The first kappa shape index (κ1) is 15.3. The number of ether oxygens (including phenoxy) is 1. The Labute approximate surface area is 120 Å². The highest BCUT2D eigenvalue weighted by Crippen LogP contribution is 2.26. The SMILES string of the molecule is C[C@@H](O)c1cc(F)ccc1OCCC1CCCCN1C. The third-order valence-corrected chi connectivity index (χ3v) is 4.05. The lowest BCUT2D eigenvalue weighted by Gasteiger charge is -2.32. The van der Waals surface area contributed by atoms with E-state index in [0.29, 0.717) is 24.0 Å². The molecule has 1 fully saturated rings. The van der Waals surface area contributed by atoms with Gasteiger partial charge in [0.25, 0.3) is 0 Å². The lowest BCUT2D eigenvalue weighted by Crippen LogP contribution is -2.37. The van der Waals surface area contributed by atoms with Crippen LogP contribution in [0.1, 0.15) is 44.3 Å². The van der Waals surface area contributed by atoms with Crippen molar-refractivity contribution in [1.82, 2.24) is 4.90 Å². The van der Waals surface area contributed by atoms with Crippen LogP contribution in [0.5, 0.6) is 5.75 Å². The summed E-state index contributed by atoms with van der Waals surface area (Å²) in [5.74, 6) is 0.236. The predicted molar refractivity (Wildman–Crippen MR) is 77.4 cm³/mol. The largest absolute Gasteiger partial charge is 0.493 e. The summed E-state index contributed by atoms with van der Waals surface area (Å²) in [6.07, 6.45) is 4.01. The first-order valence-electron chi connectivity index (χ1n) is 7.38. The van der Waals surface area contributed by atoms with E-state index < -0.39 is 6.10 Å². The molecule has 2 atom stereocenters. The summed E-state index contributed by atoms with van der Waals surface area (Å²) >= 11 is 0. The lowest BCUT2D eigenvalue weighted by molar-refractivity contribution is 0.149. The molecule has 1 aromatic rings. The Hall–Kier alpha value is -1.13. The van der Waals surface area contributed by atoms with Crippen LogP contribution in [0.15, 0.2) is 18.2 Å². The van der Waals surface area contributed by atoms with E-state index in [4.69, 9.17) is 4.74 Å². The van der Waals surface area contributed by atoms with Crippen LogP contribution in [-0.4, -0.2) is 36.2 Å². The van der Waals surface area contributed by atoms with E-state index in [1.165, 1.54) is 31.4 Å². The van der Waals surface area contributed by atoms with Crippen molar-refractivity contribution in [2.75, 3.05) is 20.2 Å². The van der Waals surface area contributed by atoms with Gasteiger partial charge in [-0.05, 0) is 58.0 Å². The third kappa shape index (κ3) is 3.93. The van der Waals surface area contributed by atoms with E-state index in [1.54, 1.807) is 13.0 Å². The highest BCUT2D eigenvalue weighted by molar-refractivity contribution is 5.35. The second kappa shape index (κ2) is 7.04. The molecule has 0 aromatic heterocycles. The quantitative estimate of drug-likeness (QED) is 0.900. The molecule has 1 heterocycles. The maximum absolute atomic E-state index is 13.2. The van der Waals surface area contributed by atoms with E-state index in [2.05, 4.69) is 11.9 Å². The van der Waals surface area contributed by atoms with E-state index in [1.807, 2.05) is 0 Å². The van der Waals surface area contributed by atoms with Crippen LogP contribution in [0.2, 0.25) is 0 Å². The fourth-order valence-electron chi connectivity index (χ4n) is 2.79. The Morgan fingerprint density at radius 1 is 1.45 bits per heavy atom. The van der Waals surface area contributed by atoms with Gasteiger partial charge in [-0.3, -0.25) is 0 Å². The second-order valence-electron chi connectivity index (χ2n) is 5.63. The van der Waals surface area contributed by atoms with Crippen molar-refractivity contribution in [2.24, 2.45) is 0 Å². The molecule has 112 valence electrons. The number of nitrogens with zero attached hydrogens (tertiary/aromatic N) is 1. The minimum atomic E-state index is -0.724. The Balaban J connectivity index is 1.90. The summed E-state index contributed by atoms with van der Waals surface area (Å²) in [5, 5.41) is 9.66. The molecule has 1 aliphatic rings. The molecule has 4 heteroatoms. The zero-order valence-electron chi connectivity index (χ0n) is 12.3. The molecule has 0 bridgehead atoms. The molecule has 0 saturated carbocycles. The van der Waals surface area contributed by atoms with Gasteiger partial charge in [-0.2, -0.15) is 0 Å². The average molecular weight is 281 g/mol. The summed E-state index contributed by atoms with van der Waals surface area (Å²) < 4.78 is 18.9. The minimum Gasteiger partial charge on any atom is -0.493 e. The Morgan fingerprint density at radius 2 is 2.25 bits per heavy atom. The molecule has 0 radical (unpaired) electrons. The number of aliphatic hydroxyl groups excluding tert-OH is 1. The predicted octanol–water partition coefficient (Wildman–Crippen LogP) is 3.13. The smallest absolute Gasteiger partial charge is 0.125 e. The fraction of sp³-hybridized carbons (Fsp3) is 0.625. The minimum absolute atomic E-state index is 0.347. The molecule has 0 aliphatic carbocycles. The lowest BCUT2D eigenvalue weighted by atomic mass is 10.0. The molecule has 1 unspecified atom stereocenters. The fourth-order valence-corrected chi connectivity index (χ4v) is 2.79. The van der Waals surface area contributed by atoms with Gasteiger partial charge < -0.3 is 14.7 Å². The van der Waals surface area contributed by atoms with Gasteiger partial charge in [0.05, 0.1) is 12.7 Å². The molecular weight excluding hydrogens is 257 g/mol. The monoisotopic (exact) mass is 281 g/mol. The highest BCUT2D eigenvalue weighted by Gasteiger charge is 2.19. The number of hydrogen-bond acceptors (Lipinski definition) is 3. The van der Waals surface area contributed by atoms with Gasteiger partial charge in [-0.15, -0.1) is 0 Å². The molecule has 3 nitrogen and oxygen atoms in total. The van der Waals surface area contributed by atoms with E-state index in [0.717, 1.165) is 13.0 Å². The van der Waals surface area contributed by atoms with Crippen molar-refractivity contribution < 1.29 is 14.2 Å². The van der Waals surface area contributed by atoms with Crippen molar-refractivity contribution in [1.29, 1.82) is 0 Å². The number of aliphatic hydroxyl groups is 1. The summed E-state index contributed by atoms with van der Waals surface area (Å²) in [7, 11) is 2.16. The maximum Gasteiger partial charge on any atom is 0.125 e. The van der Waals surface area contributed by atoms with Gasteiger partial charge in [0.15, 0.2) is 0 Å². The van der Waals surface area contributed by atoms with Crippen LogP contribution in [-0.2, 0) is 0 Å². The van der Waals surface area contributed by atoms with Crippen LogP contribution in [0.4, 0.5) is 4.39 Å². The summed E-state index contributed by atoms with van der Waals surface area (Å²) in [6, 6.07) is 4.88. The van der Waals surface area contributed by atoms with Gasteiger partial charge in [0.1, 0.15) is 11.6 Å². The number of benzene rings is 1. The van der Waals surface area contributed by atoms with Gasteiger partial charge in [-0.1, -0.05) is 6.42 Å². The molecule has 2 rings (SSSR count). The van der Waals surface area contributed by atoms with Crippen molar-refractivity contribution >= 4 is 0 Å². The summed E-state index contributed by atoms with van der Waals surface area (Å²) in [6.45, 7) is 3.37. The molecule has 1 saturated heterocycles. The summed E-state index contributed by atoms with van der Waals surface area (Å²) in [4.78, 5) is 2.38. The maximum atomic E-state index is 13.2. The van der Waals surface area contributed by atoms with Crippen molar-refractivity contribution in [2.45, 2.75) is 44.8 Å². The van der Waals surface area contributed by atoms with Crippen molar-refractivity contribution in [3.63, 3.8) is 0 Å². The topological polar surface area (TPSA) is 32.7 Å². The molecular formula is C16H24FNO2. The van der Waals surface area contributed by atoms with Crippen molar-refractivity contribution in [3.05, 3.63) is 29.6 Å². The standard InChI is InChI=1S/C16H24FNO2/c1-12(19)15-11-13(17)6-7-16(15)20-10-8-14-5-3-4-9-18(14)2/h6-7,11-12,14,19H,3-5,8-10H2,1-2H3/t12-,14?/m1/s1. The van der Waals surface area contributed by atoms with Crippen LogP contribution in [0, 0.1) is 5.82 Å². The van der Waals surface area contributed by atoms with E-state index >= 15 is 0 Å². The van der Waals surface area contributed by atoms with E-state index in [9.17, 15) is 9.50 Å². The second-order valence-corrected chi connectivity index (χ2v) is 5.63. The zero-order valence-corrected chi connectivity index (χ0v) is 12.3. The number of halogens is 1. The molecule has 0 spiro atoms. The van der Waals surface area contributed by atoms with Crippen LogP contribution < -0.4 is 4.74 Å². The van der Waals surface area contributed by atoms with Gasteiger partial charge in [0, 0.05) is 11.6 Å². The van der Waals surface area contributed by atoms with Gasteiger partial charge in [0.2, 0.25) is 0 Å². The number of piperidine rings is 1. The number of rotatable bonds is 5. The van der Waals surface area contributed by atoms with Crippen molar-refractivity contribution in [3.8, 4) is 5.75 Å². The zero-order chi connectivity index (χ0) is 14.5. The Kier molecular flexibility index (Phi) is 5.38. The summed E-state index contributed by atoms with van der Waals surface area (Å²) in [5.41, 5.74) is 0.516. The number of likely N-dealkylation sites (tertiary alicyclic amines) is 1. The molecule has 0 amide bonds. The van der Waals surface area contributed by atoms with Crippen LogP contribution >= 0.6 is 0 Å². The Bertz CT molecular complexity index is 436. The average Bonchev–Trinajstić information content (AvgIpc) is 2.42. The molecule has 1 aromatic carbocycles. The third-order valence-electron chi connectivity index (χ3n) is 4.05. The van der Waals surface area contributed by atoms with Gasteiger partial charge >= 0.3 is 0 Å². The van der Waals surface area contributed by atoms with E-state index in [-0.39, 0.29) is 5.82 Å². The normalized spacial score (nSPS) is 21.7. The number of hydrogen-bond donors (Lipinski definition) is 1. The molecule has 1 aliphatic heterocycles. The first-order chi connectivity index (χ1) is 9.58.